The van der Waals surface area contributed by atoms with Gasteiger partial charge in [-0.2, -0.15) is 0 Å². The maximum atomic E-state index is 14.5. The van der Waals surface area contributed by atoms with E-state index in [9.17, 15) is 19.1 Å². The van der Waals surface area contributed by atoms with Gasteiger partial charge >= 0.3 is 17.4 Å². The zero-order chi connectivity index (χ0) is 28.6. The molecule has 0 radical (unpaired) electrons. The molecular formula is C27H33ClFN6O4S+. The van der Waals surface area contributed by atoms with Gasteiger partial charge in [-0.25, -0.2) is 14.0 Å². The van der Waals surface area contributed by atoms with E-state index in [2.05, 4.69) is 20.9 Å². The number of amidine groups is 1. The summed E-state index contributed by atoms with van der Waals surface area (Å²) in [5.74, 6) is -0.591. The number of ether oxygens (including phenoxy) is 1. The number of rotatable bonds is 8. The highest BCUT2D eigenvalue weighted by molar-refractivity contribution is 8.02. The topological polar surface area (TPSA) is 110 Å². The lowest BCUT2D eigenvalue weighted by Crippen LogP contribution is -2.54. The highest BCUT2D eigenvalue weighted by atomic mass is 35.5. The van der Waals surface area contributed by atoms with E-state index < -0.39 is 23.4 Å². The molecule has 0 spiro atoms. The molecule has 214 valence electrons. The Kier molecular flexibility index (Phi) is 8.26. The predicted octanol–water partition coefficient (Wildman–Crippen LogP) is 2.47. The average Bonchev–Trinajstić information content (AvgIpc) is 3.53. The van der Waals surface area contributed by atoms with Gasteiger partial charge in [-0.3, -0.25) is 9.89 Å². The first-order valence-electron chi connectivity index (χ1n) is 13.2. The molecule has 0 saturated carbocycles. The van der Waals surface area contributed by atoms with E-state index >= 15 is 0 Å². The number of hydrogen-bond donors (Lipinski definition) is 3. The summed E-state index contributed by atoms with van der Waals surface area (Å²) in [7, 11) is 0. The number of urea groups is 1. The van der Waals surface area contributed by atoms with Crippen LogP contribution in [0.2, 0.25) is 5.02 Å². The van der Waals surface area contributed by atoms with Crippen LogP contribution in [0.3, 0.4) is 0 Å². The number of amides is 2. The molecule has 1 aromatic carbocycles. The van der Waals surface area contributed by atoms with Crippen LogP contribution in [-0.4, -0.2) is 101 Å². The number of benzene rings is 1. The Morgan fingerprint density at radius 2 is 2.15 bits per heavy atom. The van der Waals surface area contributed by atoms with Crippen molar-refractivity contribution in [2.75, 3.05) is 45.9 Å². The Morgan fingerprint density at radius 3 is 2.85 bits per heavy atom. The number of aliphatic imine (C=N–C) groups is 1. The number of nitrogens with zero attached hydrogens (tertiary/aromatic N) is 4. The molecule has 1 aromatic rings. The number of fused-ring (bicyclic) bond motifs is 1. The molecule has 4 heterocycles. The number of esters is 1. The molecule has 10 nitrogen and oxygen atoms in total. The summed E-state index contributed by atoms with van der Waals surface area (Å²) >= 11 is 7.80. The summed E-state index contributed by atoms with van der Waals surface area (Å²) in [6, 6.07) is 3.48. The molecule has 2 saturated heterocycles. The first-order valence-corrected chi connectivity index (χ1v) is 14.5. The number of hydrogen-bond acceptors (Lipinski definition) is 9. The van der Waals surface area contributed by atoms with Crippen molar-refractivity contribution in [2.24, 2.45) is 4.99 Å². The van der Waals surface area contributed by atoms with Crippen LogP contribution in [0.4, 0.5) is 9.18 Å². The van der Waals surface area contributed by atoms with Gasteiger partial charge in [0.25, 0.3) is 6.20 Å². The molecule has 0 aromatic heterocycles. The molecule has 5 rings (SSSR count). The number of halogens is 2. The normalized spacial score (nSPS) is 24.9. The highest BCUT2D eigenvalue weighted by Crippen LogP contribution is 2.38. The summed E-state index contributed by atoms with van der Waals surface area (Å²) in [5.41, 5.74) is 0.243. The van der Waals surface area contributed by atoms with Crippen LogP contribution in [0.25, 0.3) is 0 Å². The molecule has 4 aliphatic heterocycles. The standard InChI is InChI=1S/C27H32ClFN6O4S/c1-4-39-25(36)20-19(14-33-9-10-35-16(12-33)13-34(26(35)37)15-27(2,3)38)31-23(24-30-8-11-40-24)32-22(20)17-6-5-7-18(29)21(17)28/h5-8,16,22,24,30,38H,4,9-10,12-15H2,1-3H3/p+1/t16-,22+,24?/m1/s1. The van der Waals surface area contributed by atoms with Gasteiger partial charge in [0.1, 0.15) is 17.7 Å². The lowest BCUT2D eigenvalue weighted by molar-refractivity contribution is -0.139. The van der Waals surface area contributed by atoms with Crippen molar-refractivity contribution in [1.29, 1.82) is 0 Å². The van der Waals surface area contributed by atoms with Gasteiger partial charge in [-0.05, 0) is 26.8 Å². The van der Waals surface area contributed by atoms with E-state index in [1.165, 1.54) is 17.8 Å². The Labute approximate surface area is 242 Å². The molecule has 2 fully saturated rings. The van der Waals surface area contributed by atoms with Gasteiger partial charge in [-0.15, -0.1) is 0 Å². The third-order valence-corrected chi connectivity index (χ3v) is 8.37. The van der Waals surface area contributed by atoms with E-state index in [1.54, 1.807) is 44.0 Å². The number of thioether (sulfide) groups is 1. The van der Waals surface area contributed by atoms with Crippen LogP contribution in [0, 0.1) is 11.2 Å². The van der Waals surface area contributed by atoms with Crippen LogP contribution in [0.5, 0.6) is 0 Å². The van der Waals surface area contributed by atoms with Gasteiger partial charge in [0.05, 0.1) is 35.4 Å². The molecule has 0 aliphatic carbocycles. The SMILES string of the molecule is CCOC(=O)C1=C(CN2CCN3C(=O)N(CC(C)(C)O)C[C@H]3C2)NC(C2NC=[C+]S2)=N[C@H]1c1cccc(F)c1Cl. The fraction of sp³-hybridized carbons (Fsp3) is 0.519. The van der Waals surface area contributed by atoms with Crippen molar-refractivity contribution in [3.8, 4) is 0 Å². The van der Waals surface area contributed by atoms with Gasteiger partial charge in [0, 0.05) is 44.0 Å². The average molecular weight is 592 g/mol. The highest BCUT2D eigenvalue weighted by Gasteiger charge is 2.43. The summed E-state index contributed by atoms with van der Waals surface area (Å²) in [4.78, 5) is 36.9. The second-order valence-corrected chi connectivity index (χ2v) is 12.1. The lowest BCUT2D eigenvalue weighted by atomic mass is 9.95. The summed E-state index contributed by atoms with van der Waals surface area (Å²) in [6.07, 6.45) is 1.70. The van der Waals surface area contributed by atoms with E-state index in [0.717, 1.165) is 0 Å². The fourth-order valence-corrected chi connectivity index (χ4v) is 6.34. The van der Waals surface area contributed by atoms with Crippen LogP contribution < -0.4 is 10.6 Å². The quantitative estimate of drug-likeness (QED) is 0.313. The smallest absolute Gasteiger partial charge is 0.338 e. The summed E-state index contributed by atoms with van der Waals surface area (Å²) < 4.78 is 20.0. The summed E-state index contributed by atoms with van der Waals surface area (Å²) in [6.45, 7) is 8.07. The minimum Gasteiger partial charge on any atom is -0.463 e. The maximum Gasteiger partial charge on any atom is 0.338 e. The van der Waals surface area contributed by atoms with Crippen LogP contribution >= 0.6 is 23.4 Å². The first kappa shape index (κ1) is 28.6. The van der Waals surface area contributed by atoms with Crippen molar-refractivity contribution in [3.63, 3.8) is 0 Å². The minimum absolute atomic E-state index is 0.0497. The van der Waals surface area contributed by atoms with Crippen LogP contribution in [0.1, 0.15) is 32.4 Å². The molecule has 3 atom stereocenters. The zero-order valence-corrected chi connectivity index (χ0v) is 24.2. The lowest BCUT2D eigenvalue weighted by Gasteiger charge is -2.38. The maximum absolute atomic E-state index is 14.5. The van der Waals surface area contributed by atoms with E-state index in [1.807, 2.05) is 4.90 Å². The predicted molar refractivity (Wildman–Crippen MR) is 151 cm³/mol. The van der Waals surface area contributed by atoms with E-state index in [4.69, 9.17) is 21.3 Å². The third-order valence-electron chi connectivity index (χ3n) is 7.12. The molecule has 3 N–H and O–H groups in total. The number of nitrogens with one attached hydrogen (secondary N) is 2. The Balaban J connectivity index is 1.45. The molecule has 1 unspecified atom stereocenters. The summed E-state index contributed by atoms with van der Waals surface area (Å²) in [5, 5.41) is 19.5. The second kappa shape index (κ2) is 11.5. The van der Waals surface area contributed by atoms with Crippen LogP contribution in [0.15, 0.2) is 40.7 Å². The zero-order valence-electron chi connectivity index (χ0n) is 22.6. The van der Waals surface area contributed by atoms with E-state index in [-0.39, 0.29) is 41.2 Å². The Hall–Kier alpha value is -2.89. The molecule has 4 aliphatic rings. The Bertz CT molecular complexity index is 1260. The van der Waals surface area contributed by atoms with Crippen molar-refractivity contribution in [2.45, 2.75) is 43.8 Å². The van der Waals surface area contributed by atoms with Crippen LogP contribution in [-0.2, 0) is 9.53 Å². The largest absolute Gasteiger partial charge is 0.463 e. The molecule has 2 amide bonds. The van der Waals surface area contributed by atoms with Crippen molar-refractivity contribution < 1.29 is 23.8 Å². The second-order valence-electron chi connectivity index (χ2n) is 10.8. The van der Waals surface area contributed by atoms with Gasteiger partial charge in [0.15, 0.2) is 17.1 Å². The first-order chi connectivity index (χ1) is 19.1. The molecule has 13 heteroatoms. The van der Waals surface area contributed by atoms with Gasteiger partial charge in [-0.1, -0.05) is 23.7 Å². The fourth-order valence-electron chi connectivity index (χ4n) is 5.47. The van der Waals surface area contributed by atoms with Gasteiger partial charge in [0.2, 0.25) is 0 Å². The number of carbonyl (C=O) groups excluding carboxylic acids is 2. The molecule has 40 heavy (non-hydrogen) atoms. The minimum atomic E-state index is -0.989. The van der Waals surface area contributed by atoms with Crippen molar-refractivity contribution >= 4 is 41.2 Å². The third kappa shape index (κ3) is 5.91. The van der Waals surface area contributed by atoms with Gasteiger partial charge < -0.3 is 30.3 Å². The number of β-amino-alcohol motifs (C(OH)–C–C–N with tert-alkyl or cyclic N) is 1. The van der Waals surface area contributed by atoms with Crippen molar-refractivity contribution in [1.82, 2.24) is 25.3 Å². The molecule has 0 bridgehead atoms. The van der Waals surface area contributed by atoms with Crippen molar-refractivity contribution in [3.05, 3.63) is 57.5 Å². The van der Waals surface area contributed by atoms with E-state index in [0.29, 0.717) is 49.8 Å². The number of piperazine rings is 1. The Morgan fingerprint density at radius 1 is 1.35 bits per heavy atom. The number of aliphatic hydroxyl groups is 1. The number of carbonyl (C=O) groups is 2. The molecular weight excluding hydrogens is 559 g/mol. The monoisotopic (exact) mass is 591 g/mol.